The Kier molecular flexibility index (Phi) is 5.76. The number of nitrogens with zero attached hydrogens (tertiary/aromatic N) is 2. The summed E-state index contributed by atoms with van der Waals surface area (Å²) >= 11 is 1.44. The molecule has 0 atom stereocenters. The van der Waals surface area contributed by atoms with Gasteiger partial charge in [0.2, 0.25) is 0 Å². The summed E-state index contributed by atoms with van der Waals surface area (Å²) in [4.78, 5) is 29.8. The van der Waals surface area contributed by atoms with Crippen LogP contribution in [0, 0.1) is 0 Å². The molecule has 0 bridgehead atoms. The van der Waals surface area contributed by atoms with E-state index in [1.165, 1.54) is 16.2 Å². The Hall–Kier alpha value is -2.86. The second-order valence-corrected chi connectivity index (χ2v) is 7.03. The minimum absolute atomic E-state index is 0.193. The van der Waals surface area contributed by atoms with Crippen molar-refractivity contribution in [3.63, 3.8) is 0 Å². The minimum Gasteiger partial charge on any atom is -0.372 e. The van der Waals surface area contributed by atoms with Crippen LogP contribution in [-0.4, -0.2) is 36.3 Å². The van der Waals surface area contributed by atoms with E-state index in [9.17, 15) is 9.59 Å². The lowest BCUT2D eigenvalue weighted by Gasteiger charge is -2.21. The third-order valence-electron chi connectivity index (χ3n) is 4.51. The number of nitrogens with one attached hydrogen (secondary N) is 1. The van der Waals surface area contributed by atoms with Crippen molar-refractivity contribution in [1.29, 1.82) is 0 Å². The SMILES string of the molecule is C=CCN1C(=O)C(Nc2ccc(N(CC)CC)cc2)=C(c2cccs2)C1=O. The van der Waals surface area contributed by atoms with Crippen LogP contribution in [0.25, 0.3) is 5.57 Å². The highest BCUT2D eigenvalue weighted by Crippen LogP contribution is 2.33. The van der Waals surface area contributed by atoms with Crippen molar-refractivity contribution in [1.82, 2.24) is 4.90 Å². The molecule has 0 saturated carbocycles. The van der Waals surface area contributed by atoms with Gasteiger partial charge < -0.3 is 10.2 Å². The number of carbonyl (C=O) groups is 2. The van der Waals surface area contributed by atoms with Gasteiger partial charge in [0.15, 0.2) is 0 Å². The average Bonchev–Trinajstić information content (AvgIpc) is 3.27. The molecule has 0 unspecified atom stereocenters. The van der Waals surface area contributed by atoms with Crippen LogP contribution < -0.4 is 10.2 Å². The lowest BCUT2D eigenvalue weighted by molar-refractivity contribution is -0.136. The number of hydrogen-bond donors (Lipinski definition) is 1. The van der Waals surface area contributed by atoms with Crippen molar-refractivity contribution in [3.05, 3.63) is 65.0 Å². The summed E-state index contributed by atoms with van der Waals surface area (Å²) in [6.45, 7) is 9.93. The number of rotatable bonds is 8. The molecule has 0 saturated heterocycles. The fraction of sp³-hybridized carbons (Fsp3) is 0.238. The molecule has 1 aliphatic heterocycles. The molecule has 140 valence electrons. The first-order valence-corrected chi connectivity index (χ1v) is 9.85. The lowest BCUT2D eigenvalue weighted by Crippen LogP contribution is -2.32. The maximum Gasteiger partial charge on any atom is 0.278 e. The largest absolute Gasteiger partial charge is 0.372 e. The van der Waals surface area contributed by atoms with E-state index in [-0.39, 0.29) is 18.4 Å². The van der Waals surface area contributed by atoms with Crippen LogP contribution >= 0.6 is 11.3 Å². The van der Waals surface area contributed by atoms with Gasteiger partial charge in [-0.3, -0.25) is 14.5 Å². The summed E-state index contributed by atoms with van der Waals surface area (Å²) in [7, 11) is 0. The topological polar surface area (TPSA) is 52.7 Å². The summed E-state index contributed by atoms with van der Waals surface area (Å²) < 4.78 is 0. The first-order chi connectivity index (χ1) is 13.1. The van der Waals surface area contributed by atoms with E-state index >= 15 is 0 Å². The fourth-order valence-corrected chi connectivity index (χ4v) is 3.89. The van der Waals surface area contributed by atoms with E-state index in [4.69, 9.17) is 0 Å². The highest BCUT2D eigenvalue weighted by Gasteiger charge is 2.38. The fourth-order valence-electron chi connectivity index (χ4n) is 3.12. The molecule has 6 heteroatoms. The van der Waals surface area contributed by atoms with Crippen molar-refractivity contribution >= 4 is 40.1 Å². The molecule has 0 aliphatic carbocycles. The summed E-state index contributed by atoms with van der Waals surface area (Å²) in [6.07, 6.45) is 1.56. The van der Waals surface area contributed by atoms with Crippen LogP contribution in [0.1, 0.15) is 18.7 Å². The van der Waals surface area contributed by atoms with E-state index in [1.807, 2.05) is 41.8 Å². The number of thiophene rings is 1. The summed E-state index contributed by atoms with van der Waals surface area (Å²) in [6, 6.07) is 11.6. The Bertz CT molecular complexity index is 865. The average molecular weight is 382 g/mol. The van der Waals surface area contributed by atoms with Gasteiger partial charge in [0.05, 0.1) is 5.57 Å². The van der Waals surface area contributed by atoms with Crippen LogP contribution in [0.2, 0.25) is 0 Å². The number of imide groups is 1. The van der Waals surface area contributed by atoms with Gasteiger partial charge in [-0.25, -0.2) is 0 Å². The maximum atomic E-state index is 12.8. The molecule has 0 fully saturated rings. The van der Waals surface area contributed by atoms with Crippen LogP contribution in [-0.2, 0) is 9.59 Å². The van der Waals surface area contributed by atoms with Crippen molar-refractivity contribution in [3.8, 4) is 0 Å². The normalized spacial score (nSPS) is 14.1. The molecule has 1 aliphatic rings. The maximum absolute atomic E-state index is 12.8. The van der Waals surface area contributed by atoms with Crippen molar-refractivity contribution in [2.24, 2.45) is 0 Å². The van der Waals surface area contributed by atoms with Crippen molar-refractivity contribution in [2.75, 3.05) is 29.9 Å². The molecule has 2 heterocycles. The van der Waals surface area contributed by atoms with Gasteiger partial charge in [0, 0.05) is 35.9 Å². The zero-order chi connectivity index (χ0) is 19.4. The highest BCUT2D eigenvalue weighted by molar-refractivity contribution is 7.11. The molecule has 1 N–H and O–H groups in total. The van der Waals surface area contributed by atoms with Crippen molar-refractivity contribution in [2.45, 2.75) is 13.8 Å². The van der Waals surface area contributed by atoms with Gasteiger partial charge in [-0.15, -0.1) is 17.9 Å². The smallest absolute Gasteiger partial charge is 0.278 e. The molecule has 27 heavy (non-hydrogen) atoms. The van der Waals surface area contributed by atoms with Gasteiger partial charge in [0.1, 0.15) is 5.70 Å². The number of carbonyl (C=O) groups excluding carboxylic acids is 2. The molecule has 1 aromatic carbocycles. The monoisotopic (exact) mass is 381 g/mol. The predicted octanol–water partition coefficient (Wildman–Crippen LogP) is 3.97. The van der Waals surface area contributed by atoms with E-state index < -0.39 is 0 Å². The van der Waals surface area contributed by atoms with E-state index in [1.54, 1.807) is 6.08 Å². The van der Waals surface area contributed by atoms with Crippen LogP contribution in [0.5, 0.6) is 0 Å². The highest BCUT2D eigenvalue weighted by atomic mass is 32.1. The first kappa shape index (κ1) is 18.9. The summed E-state index contributed by atoms with van der Waals surface area (Å²) in [5.74, 6) is -0.610. The first-order valence-electron chi connectivity index (χ1n) is 8.97. The van der Waals surface area contributed by atoms with Crippen LogP contribution in [0.4, 0.5) is 11.4 Å². The van der Waals surface area contributed by atoms with Crippen LogP contribution in [0.15, 0.2) is 60.1 Å². The van der Waals surface area contributed by atoms with E-state index in [2.05, 4.69) is 30.6 Å². The Morgan fingerprint density at radius 3 is 2.37 bits per heavy atom. The van der Waals surface area contributed by atoms with E-state index in [0.29, 0.717) is 11.3 Å². The molecular formula is C21H23N3O2S. The number of anilines is 2. The number of amides is 2. The third kappa shape index (κ3) is 3.66. The molecule has 2 aromatic rings. The quantitative estimate of drug-likeness (QED) is 0.555. The lowest BCUT2D eigenvalue weighted by atomic mass is 10.1. The molecule has 3 rings (SSSR count). The Labute approximate surface area is 163 Å². The van der Waals surface area contributed by atoms with E-state index in [0.717, 1.165) is 29.3 Å². The second-order valence-electron chi connectivity index (χ2n) is 6.08. The van der Waals surface area contributed by atoms with Crippen molar-refractivity contribution < 1.29 is 9.59 Å². The molecule has 5 nitrogen and oxygen atoms in total. The number of hydrogen-bond acceptors (Lipinski definition) is 5. The third-order valence-corrected chi connectivity index (χ3v) is 5.40. The number of benzene rings is 1. The summed E-state index contributed by atoms with van der Waals surface area (Å²) in [5, 5.41) is 5.07. The summed E-state index contributed by atoms with van der Waals surface area (Å²) in [5.41, 5.74) is 2.64. The predicted molar refractivity (Wildman–Crippen MR) is 112 cm³/mol. The van der Waals surface area contributed by atoms with Gasteiger partial charge >= 0.3 is 0 Å². The van der Waals surface area contributed by atoms with Gasteiger partial charge in [-0.1, -0.05) is 12.1 Å². The molecule has 0 spiro atoms. The Balaban J connectivity index is 1.93. The Morgan fingerprint density at radius 2 is 1.81 bits per heavy atom. The van der Waals surface area contributed by atoms with Gasteiger partial charge in [-0.05, 0) is 49.6 Å². The second kappa shape index (κ2) is 8.22. The molecule has 0 radical (unpaired) electrons. The van der Waals surface area contributed by atoms with Crippen LogP contribution in [0.3, 0.4) is 0 Å². The van der Waals surface area contributed by atoms with Gasteiger partial charge in [-0.2, -0.15) is 0 Å². The molecule has 1 aromatic heterocycles. The standard InChI is InChI=1S/C21H23N3O2S/c1-4-13-24-20(25)18(17-8-7-14-27-17)19(21(24)26)22-15-9-11-16(12-10-15)23(5-2)6-3/h4,7-12,14,22H,1,5-6,13H2,2-3H3. The minimum atomic E-state index is -0.323. The zero-order valence-electron chi connectivity index (χ0n) is 15.6. The van der Waals surface area contributed by atoms with Gasteiger partial charge in [0.25, 0.3) is 11.8 Å². The zero-order valence-corrected chi connectivity index (χ0v) is 16.4. The molecular weight excluding hydrogens is 358 g/mol. The Morgan fingerprint density at radius 1 is 1.11 bits per heavy atom. The molecule has 2 amide bonds.